The van der Waals surface area contributed by atoms with Crippen LogP contribution in [0.4, 0.5) is 0 Å². The van der Waals surface area contributed by atoms with Crippen LogP contribution in [0.5, 0.6) is 0 Å². The predicted molar refractivity (Wildman–Crippen MR) is 32.7 cm³/mol. The van der Waals surface area contributed by atoms with Crippen molar-refractivity contribution in [2.75, 3.05) is 12.8 Å². The van der Waals surface area contributed by atoms with Gasteiger partial charge in [0.2, 0.25) is 0 Å². The number of hydrogen-bond acceptors (Lipinski definition) is 3. The fraction of sp³-hybridized carbons (Fsp3) is 0.500. The maximum Gasteiger partial charge on any atom is 0.105 e. The first-order chi connectivity index (χ1) is 3.43. The van der Waals surface area contributed by atoms with E-state index >= 15 is 0 Å². The summed E-state index contributed by atoms with van der Waals surface area (Å²) in [7, 11) is 1.91. The van der Waals surface area contributed by atoms with Crippen molar-refractivity contribution >= 4 is 11.9 Å². The highest BCUT2D eigenvalue weighted by molar-refractivity contribution is 7.97. The van der Waals surface area contributed by atoms with Crippen molar-refractivity contribution in [2.24, 2.45) is 0 Å². The van der Waals surface area contributed by atoms with Crippen LogP contribution in [-0.2, 0) is 0 Å². The third kappa shape index (κ3) is 1.03. The molecule has 2 nitrogen and oxygen atoms in total. The highest BCUT2D eigenvalue weighted by Crippen LogP contribution is 2.05. The second-order valence-corrected chi connectivity index (χ2v) is 2.11. The molecule has 0 aromatic carbocycles. The molecule has 0 aromatic rings. The molecule has 0 fully saturated rings. The third-order valence-corrected chi connectivity index (χ3v) is 1.52. The molecule has 0 saturated carbocycles. The summed E-state index contributed by atoms with van der Waals surface area (Å²) < 4.78 is 3.07. The quantitative estimate of drug-likeness (QED) is 0.482. The summed E-state index contributed by atoms with van der Waals surface area (Å²) in [5.74, 6) is 2.21. The van der Waals surface area contributed by atoms with E-state index in [1.54, 1.807) is 11.9 Å². The van der Waals surface area contributed by atoms with E-state index in [4.69, 9.17) is 0 Å². The number of hydrogen-bond donors (Lipinski definition) is 2. The van der Waals surface area contributed by atoms with Gasteiger partial charge in [0, 0.05) is 12.8 Å². The maximum atomic E-state index is 3.07. The average Bonchev–Trinajstić information content (AvgIpc) is 2.14. The zero-order valence-electron chi connectivity index (χ0n) is 4.19. The van der Waals surface area contributed by atoms with Crippen LogP contribution in [0.3, 0.4) is 0 Å². The van der Waals surface area contributed by atoms with Gasteiger partial charge in [-0.15, -0.1) is 0 Å². The van der Waals surface area contributed by atoms with Crippen LogP contribution in [0.1, 0.15) is 0 Å². The van der Waals surface area contributed by atoms with Gasteiger partial charge < -0.3 is 10.0 Å². The summed E-state index contributed by atoms with van der Waals surface area (Å²) in [6.07, 6.45) is 2.12. The second-order valence-electron chi connectivity index (χ2n) is 1.28. The minimum absolute atomic E-state index is 1.08. The molecule has 0 saturated heterocycles. The van der Waals surface area contributed by atoms with Crippen molar-refractivity contribution in [1.82, 2.24) is 10.0 Å². The van der Waals surface area contributed by atoms with Crippen molar-refractivity contribution in [3.63, 3.8) is 0 Å². The first-order valence-electron chi connectivity index (χ1n) is 2.19. The van der Waals surface area contributed by atoms with Crippen molar-refractivity contribution in [3.05, 3.63) is 11.9 Å². The average molecular weight is 116 g/mol. The van der Waals surface area contributed by atoms with Gasteiger partial charge in [-0.2, -0.15) is 0 Å². The molecule has 40 valence electrons. The van der Waals surface area contributed by atoms with E-state index < -0.39 is 0 Å². The van der Waals surface area contributed by atoms with Crippen molar-refractivity contribution < 1.29 is 0 Å². The van der Waals surface area contributed by atoms with Crippen LogP contribution in [0.25, 0.3) is 0 Å². The van der Waals surface area contributed by atoms with Crippen molar-refractivity contribution in [1.29, 1.82) is 0 Å². The van der Waals surface area contributed by atoms with E-state index in [2.05, 4.69) is 16.1 Å². The smallest absolute Gasteiger partial charge is 0.105 e. The Morgan fingerprint density at radius 2 is 2.86 bits per heavy atom. The van der Waals surface area contributed by atoms with E-state index in [1.807, 2.05) is 7.05 Å². The van der Waals surface area contributed by atoms with Gasteiger partial charge >= 0.3 is 0 Å². The van der Waals surface area contributed by atoms with Crippen LogP contribution < -0.4 is 10.0 Å². The van der Waals surface area contributed by atoms with E-state index in [1.165, 1.54) is 0 Å². The molecule has 0 bridgehead atoms. The number of nitrogens with one attached hydrogen (secondary N) is 2. The monoisotopic (exact) mass is 116 g/mol. The van der Waals surface area contributed by atoms with Gasteiger partial charge in [-0.1, -0.05) is 0 Å². The normalized spacial score (nSPS) is 18.1. The summed E-state index contributed by atoms with van der Waals surface area (Å²) in [4.78, 5) is 0. The molecule has 1 rings (SSSR count). The molecule has 0 atom stereocenters. The Bertz CT molecular complexity index is 89.7. The van der Waals surface area contributed by atoms with Crippen LogP contribution >= 0.6 is 11.9 Å². The molecule has 0 amide bonds. The molecular formula is C4H8N2S. The first-order valence-corrected chi connectivity index (χ1v) is 3.18. The van der Waals surface area contributed by atoms with Gasteiger partial charge in [0.1, 0.15) is 5.82 Å². The number of rotatable bonds is 1. The Morgan fingerprint density at radius 3 is 3.14 bits per heavy atom. The zero-order valence-corrected chi connectivity index (χ0v) is 5.01. The Hall–Kier alpha value is -0.310. The fourth-order valence-electron chi connectivity index (χ4n) is 0.439. The Kier molecular flexibility index (Phi) is 1.46. The van der Waals surface area contributed by atoms with E-state index in [0.29, 0.717) is 0 Å². The molecule has 0 aliphatic carbocycles. The predicted octanol–water partition coefficient (Wildman–Crippen LogP) is 0.299. The van der Waals surface area contributed by atoms with Crippen LogP contribution in [-0.4, -0.2) is 12.8 Å². The molecule has 1 heterocycles. The molecule has 0 unspecified atom stereocenters. The fourth-order valence-corrected chi connectivity index (χ4v) is 1.11. The zero-order chi connectivity index (χ0) is 5.11. The molecule has 3 heteroatoms. The summed E-state index contributed by atoms with van der Waals surface area (Å²) in [6.45, 7) is 0. The van der Waals surface area contributed by atoms with Crippen LogP contribution in [0.15, 0.2) is 11.9 Å². The Labute approximate surface area is 47.5 Å². The van der Waals surface area contributed by atoms with Gasteiger partial charge in [0.15, 0.2) is 0 Å². The molecule has 2 N–H and O–H groups in total. The highest BCUT2D eigenvalue weighted by atomic mass is 32.2. The summed E-state index contributed by atoms with van der Waals surface area (Å²) in [5.41, 5.74) is 0. The third-order valence-electron chi connectivity index (χ3n) is 0.822. The highest BCUT2D eigenvalue weighted by Gasteiger charge is 1.97. The molecule has 0 spiro atoms. The van der Waals surface area contributed by atoms with E-state index in [0.717, 1.165) is 11.6 Å². The first kappa shape index (κ1) is 4.84. The second kappa shape index (κ2) is 2.12. The minimum atomic E-state index is 1.08. The molecule has 1 aliphatic rings. The lowest BCUT2D eigenvalue weighted by Crippen LogP contribution is -2.13. The molecule has 0 aromatic heterocycles. The van der Waals surface area contributed by atoms with E-state index in [9.17, 15) is 0 Å². The summed E-state index contributed by atoms with van der Waals surface area (Å²) >= 11 is 1.70. The Morgan fingerprint density at radius 1 is 2.00 bits per heavy atom. The lowest BCUT2D eigenvalue weighted by atomic mass is 10.6. The van der Waals surface area contributed by atoms with Gasteiger partial charge in [0.05, 0.1) is 0 Å². The van der Waals surface area contributed by atoms with Gasteiger partial charge in [-0.3, -0.25) is 0 Å². The van der Waals surface area contributed by atoms with Crippen molar-refractivity contribution in [2.45, 2.75) is 0 Å². The van der Waals surface area contributed by atoms with Gasteiger partial charge in [-0.05, 0) is 18.0 Å². The summed E-state index contributed by atoms with van der Waals surface area (Å²) in [5, 5.41) is 2.99. The molecule has 0 radical (unpaired) electrons. The van der Waals surface area contributed by atoms with E-state index in [-0.39, 0.29) is 0 Å². The lowest BCUT2D eigenvalue weighted by Gasteiger charge is -1.97. The minimum Gasteiger partial charge on any atom is -0.375 e. The topological polar surface area (TPSA) is 24.1 Å². The summed E-state index contributed by atoms with van der Waals surface area (Å²) in [6, 6.07) is 0. The van der Waals surface area contributed by atoms with Crippen LogP contribution in [0.2, 0.25) is 0 Å². The molecule has 7 heavy (non-hydrogen) atoms. The van der Waals surface area contributed by atoms with Gasteiger partial charge in [-0.25, -0.2) is 0 Å². The van der Waals surface area contributed by atoms with Crippen molar-refractivity contribution in [3.8, 4) is 0 Å². The standard InChI is InChI=1S/C4H8N2S/c1-5-4-2-3-7-6-4/h2,5-6H,3H2,1H3. The van der Waals surface area contributed by atoms with Crippen LogP contribution in [0, 0.1) is 0 Å². The SMILES string of the molecule is CNC1=CCSN1. The van der Waals surface area contributed by atoms with Gasteiger partial charge in [0.25, 0.3) is 0 Å². The Balaban J connectivity index is 2.36. The molecule has 1 aliphatic heterocycles. The lowest BCUT2D eigenvalue weighted by molar-refractivity contribution is 0.935. The molecular weight excluding hydrogens is 108 g/mol. The largest absolute Gasteiger partial charge is 0.375 e. The maximum absolute atomic E-state index is 3.07.